The molecular formula is C49H34N6O4RuS3. The second-order valence-electron chi connectivity index (χ2n) is 13.8. The molecule has 0 bridgehead atoms. The molecule has 1 aliphatic rings. The fraction of sp³-hybridized carbons (Fsp3) is 0.0612. The molecule has 63 heavy (non-hydrogen) atoms. The molecule has 0 aliphatic heterocycles. The summed E-state index contributed by atoms with van der Waals surface area (Å²) in [6, 6.07) is 44.8. The van der Waals surface area contributed by atoms with Crippen molar-refractivity contribution in [1.29, 1.82) is 5.26 Å². The van der Waals surface area contributed by atoms with Crippen LogP contribution in [0.4, 0.5) is 0 Å². The predicted octanol–water partition coefficient (Wildman–Crippen LogP) is 11.6. The van der Waals surface area contributed by atoms with E-state index in [1.807, 2.05) is 35.9 Å². The van der Waals surface area contributed by atoms with Crippen LogP contribution in [0.3, 0.4) is 0 Å². The van der Waals surface area contributed by atoms with Gasteiger partial charge in [0.05, 0.1) is 28.3 Å². The molecule has 0 amide bonds. The van der Waals surface area contributed by atoms with Crippen LogP contribution in [0, 0.1) is 10.7 Å². The van der Waals surface area contributed by atoms with Crippen molar-refractivity contribution in [2.75, 3.05) is 0 Å². The van der Waals surface area contributed by atoms with Crippen molar-refractivity contribution in [2.45, 2.75) is 19.3 Å². The molecule has 8 aromatic rings. The van der Waals surface area contributed by atoms with E-state index in [1.165, 1.54) is 90.4 Å². The maximum absolute atomic E-state index is 10.8. The van der Waals surface area contributed by atoms with Crippen LogP contribution < -0.4 is 4.74 Å². The molecular weight excluding hydrogens is 934 g/mol. The van der Waals surface area contributed by atoms with Crippen molar-refractivity contribution >= 4 is 53.8 Å². The number of nitrogens with zero attached hydrogens (tertiary/aromatic N) is 6. The van der Waals surface area contributed by atoms with E-state index in [4.69, 9.17) is 15.8 Å². The van der Waals surface area contributed by atoms with Gasteiger partial charge in [0.15, 0.2) is 0 Å². The van der Waals surface area contributed by atoms with Crippen LogP contribution >= 0.6 is 23.6 Å². The van der Waals surface area contributed by atoms with E-state index in [-0.39, 0.29) is 30.5 Å². The van der Waals surface area contributed by atoms with Gasteiger partial charge in [0.2, 0.25) is 0 Å². The number of thiocyanates is 1. The van der Waals surface area contributed by atoms with E-state index in [2.05, 4.69) is 160 Å². The van der Waals surface area contributed by atoms with E-state index < -0.39 is 5.97 Å². The van der Waals surface area contributed by atoms with Crippen molar-refractivity contribution in [2.24, 2.45) is 0 Å². The van der Waals surface area contributed by atoms with Crippen LogP contribution in [0.15, 0.2) is 158 Å². The van der Waals surface area contributed by atoms with Gasteiger partial charge in [-0.05, 0) is 105 Å². The van der Waals surface area contributed by atoms with Crippen molar-refractivity contribution in [3.05, 3.63) is 180 Å². The molecule has 9 rings (SSSR count). The summed E-state index contributed by atoms with van der Waals surface area (Å²) in [5.74, 6) is -0.725. The van der Waals surface area contributed by atoms with Gasteiger partial charge in [0, 0.05) is 46.0 Å². The molecule has 0 saturated carbocycles. The average Bonchev–Trinajstić information content (AvgIpc) is 3.89. The summed E-state index contributed by atoms with van der Waals surface area (Å²) < 4.78 is 4.68. The summed E-state index contributed by atoms with van der Waals surface area (Å²) in [6.45, 7) is 4.97. The van der Waals surface area contributed by atoms with Gasteiger partial charge < -0.3 is 27.9 Å². The Morgan fingerprint density at radius 2 is 1.21 bits per heavy atom. The zero-order chi connectivity index (χ0) is 44.1. The number of thiocarbonyl (C=S) groups is 1. The number of carbonyl (C=O) groups excluding carboxylic acids is 1. The van der Waals surface area contributed by atoms with Crippen molar-refractivity contribution in [1.82, 2.24) is 19.9 Å². The monoisotopic (exact) mass is 968 g/mol. The van der Waals surface area contributed by atoms with Crippen LogP contribution in [-0.2, 0) is 42.3 Å². The molecule has 5 heterocycles. The number of ether oxygens (including phenoxy) is 1. The van der Waals surface area contributed by atoms with Crippen LogP contribution in [0.1, 0.15) is 35.3 Å². The Hall–Kier alpha value is -6.97. The van der Waals surface area contributed by atoms with E-state index >= 15 is 0 Å². The largest absolute Gasteiger partial charge is 2.00 e. The molecule has 310 valence electrons. The zero-order valence-corrected chi connectivity index (χ0v) is 37.7. The molecule has 14 heteroatoms. The van der Waals surface area contributed by atoms with Crippen LogP contribution in [0.25, 0.3) is 71.3 Å². The van der Waals surface area contributed by atoms with Crippen LogP contribution in [0.5, 0.6) is 5.75 Å². The first-order valence-corrected chi connectivity index (χ1v) is 20.4. The minimum Gasteiger partial charge on any atom is -0.753 e. The number of isothiocyanates is 1. The van der Waals surface area contributed by atoms with Gasteiger partial charge in [-0.25, -0.2) is 10.1 Å². The Bertz CT molecular complexity index is 2950. The normalized spacial score (nSPS) is 11.0. The summed E-state index contributed by atoms with van der Waals surface area (Å²) in [7, 11) is 0. The van der Waals surface area contributed by atoms with Crippen molar-refractivity contribution in [3.8, 4) is 77.1 Å². The molecule has 0 spiro atoms. The van der Waals surface area contributed by atoms with E-state index in [0.717, 1.165) is 22.5 Å². The number of hydrogen-bond donors (Lipinski definition) is 1. The fourth-order valence-corrected chi connectivity index (χ4v) is 7.99. The summed E-state index contributed by atoms with van der Waals surface area (Å²) in [6.07, 6.45) is 6.58. The summed E-state index contributed by atoms with van der Waals surface area (Å²) in [5, 5.41) is 25.8. The second-order valence-corrected chi connectivity index (χ2v) is 15.3. The maximum atomic E-state index is 10.8. The smallest absolute Gasteiger partial charge is 0.753 e. The maximum Gasteiger partial charge on any atom is 2.00 e. The molecule has 1 aliphatic carbocycles. The van der Waals surface area contributed by atoms with Crippen LogP contribution in [-0.4, -0.2) is 42.6 Å². The number of nitriles is 1. The standard InChI is InChI=1S/C35H26N2S.C12H8N2O4.CHNS.CNS.Ru/c1-35(2)29-11-7-6-10-27(29)28-13-12-25(20-30(28)35)33-14-15-34(38-33)26-17-19-37-32(22-26)31-21-24(16-18-36-31)23-8-4-3-5-9-23;15-7-18-9-2-4-14-11(6-9)10-5-8(12(16)17)1-3-13-10;2*2-1-3;/h3-22H,1-2H3;1-7H,(H,16,17);3H;;/q;;;-1;+2/p-1. The molecule has 1 N–H and O–H groups in total. The number of aromatic carboxylic acids is 1. The molecule has 0 saturated heterocycles. The molecule has 0 atom stereocenters. The van der Waals surface area contributed by atoms with E-state index in [9.17, 15) is 9.59 Å². The van der Waals surface area contributed by atoms with Gasteiger partial charge in [-0.2, -0.15) is 5.16 Å². The predicted molar refractivity (Wildman–Crippen MR) is 249 cm³/mol. The first-order valence-electron chi connectivity index (χ1n) is 18.7. The number of carboxylic acid groups (broad SMARTS) is 1. The van der Waals surface area contributed by atoms with Gasteiger partial charge >= 0.3 is 25.4 Å². The summed E-state index contributed by atoms with van der Waals surface area (Å²) >= 11 is 9.22. The van der Waals surface area contributed by atoms with Gasteiger partial charge in [-0.1, -0.05) is 98.2 Å². The molecule has 0 radical (unpaired) electrons. The zero-order valence-electron chi connectivity index (χ0n) is 33.5. The van der Waals surface area contributed by atoms with E-state index in [1.54, 1.807) is 0 Å². The third kappa shape index (κ3) is 11.3. The summed E-state index contributed by atoms with van der Waals surface area (Å²) in [4.78, 5) is 40.9. The number of carboxylic acids is 1. The Balaban J connectivity index is 0.000000251. The fourth-order valence-electron chi connectivity index (χ4n) is 6.99. The third-order valence-corrected chi connectivity index (χ3v) is 11.0. The molecule has 5 aromatic heterocycles. The number of benzene rings is 3. The van der Waals surface area contributed by atoms with Crippen LogP contribution in [0.2, 0.25) is 0 Å². The molecule has 0 fully saturated rings. The van der Waals surface area contributed by atoms with Crippen molar-refractivity contribution < 1.29 is 38.9 Å². The Morgan fingerprint density at radius 1 is 0.698 bits per heavy atom. The van der Waals surface area contributed by atoms with Gasteiger partial charge in [0.25, 0.3) is 6.47 Å². The number of fused-ring (bicyclic) bond motifs is 3. The van der Waals surface area contributed by atoms with Gasteiger partial charge in [0.1, 0.15) is 5.75 Å². The van der Waals surface area contributed by atoms with Gasteiger partial charge in [-0.15, -0.1) is 11.3 Å². The second kappa shape index (κ2) is 22.2. The number of hydrogen-bond acceptors (Lipinski definition) is 11. The molecule has 3 aromatic carbocycles. The quantitative estimate of drug-likeness (QED) is 0.0385. The van der Waals surface area contributed by atoms with E-state index in [0.29, 0.717) is 23.6 Å². The number of carbonyl (C=O) groups is 2. The first-order chi connectivity index (χ1) is 30.1. The Kier molecular flexibility index (Phi) is 16.6. The minimum atomic E-state index is -1.04. The topological polar surface area (TPSA) is 161 Å². The summed E-state index contributed by atoms with van der Waals surface area (Å²) in [5.41, 5.74) is 13.0. The minimum absolute atomic E-state index is 0. The van der Waals surface area contributed by atoms with Gasteiger partial charge in [-0.3, -0.25) is 24.7 Å². The number of thiophene rings is 1. The number of aromatic nitrogens is 4. The SMILES string of the molecule is CC1(C)c2ccccc2-c2ccc(-c3ccc(-c4ccnc(-c5cc(-c6ccccc6)ccn5)c4)s3)cc21.N#C[S-].O=COc1ccnc(-c2cc(C(=O)O)ccn2)c1.[N-]=C=S.[Ru+2]. The number of rotatable bonds is 8. The Morgan fingerprint density at radius 3 is 1.84 bits per heavy atom. The van der Waals surface area contributed by atoms with Crippen molar-refractivity contribution in [3.63, 3.8) is 0 Å². The first kappa shape index (κ1) is 47.1. The molecule has 10 nitrogen and oxygen atoms in total. The number of pyridine rings is 4. The third-order valence-electron chi connectivity index (χ3n) is 9.83. The average molecular weight is 968 g/mol. The molecule has 0 unspecified atom stereocenters. The Labute approximate surface area is 392 Å².